The Morgan fingerprint density at radius 3 is 2.44 bits per heavy atom. The van der Waals surface area contributed by atoms with E-state index in [-0.39, 0.29) is 24.8 Å². The van der Waals surface area contributed by atoms with Gasteiger partial charge in [0.2, 0.25) is 0 Å². The molecule has 0 unspecified atom stereocenters. The van der Waals surface area contributed by atoms with Gasteiger partial charge in [0.15, 0.2) is 11.5 Å². The lowest BCUT2D eigenvalue weighted by molar-refractivity contribution is -0.00100. The number of nitrogens with zero attached hydrogens (tertiary/aromatic N) is 2. The summed E-state index contributed by atoms with van der Waals surface area (Å²) in [7, 11) is 5.83. The zero-order chi connectivity index (χ0) is 18.1. The van der Waals surface area contributed by atoms with E-state index < -0.39 is 0 Å². The van der Waals surface area contributed by atoms with Crippen LogP contribution in [0.5, 0.6) is 11.5 Å². The Kier molecular flexibility index (Phi) is 13.2. The van der Waals surface area contributed by atoms with Crippen LogP contribution in [0.3, 0.4) is 0 Å². The molecule has 0 amide bonds. The second-order valence-corrected chi connectivity index (χ2v) is 6.48. The molecule has 27 heavy (non-hydrogen) atoms. The molecule has 0 spiro atoms. The molecule has 8 heteroatoms. The van der Waals surface area contributed by atoms with Crippen molar-refractivity contribution < 1.29 is 34.3 Å². The van der Waals surface area contributed by atoms with Crippen LogP contribution in [0.25, 0.3) is 0 Å². The lowest BCUT2D eigenvalue weighted by Crippen LogP contribution is -3.00. The maximum absolute atomic E-state index is 5.84. The van der Waals surface area contributed by atoms with E-state index in [0.29, 0.717) is 17.5 Å². The second kappa shape index (κ2) is 13.9. The first kappa shape index (κ1) is 25.8. The minimum Gasteiger partial charge on any atom is -1.00 e. The zero-order valence-corrected chi connectivity index (χ0v) is 18.1. The number of aromatic nitrogens is 1. The van der Waals surface area contributed by atoms with Gasteiger partial charge in [-0.3, -0.25) is 0 Å². The van der Waals surface area contributed by atoms with Crippen LogP contribution in [-0.2, 0) is 13.2 Å². The number of pyridine rings is 1. The number of hydrogen-bond acceptors (Lipinski definition) is 5. The molecule has 1 N–H and O–H groups in total. The molecule has 1 heterocycles. The van der Waals surface area contributed by atoms with Gasteiger partial charge in [0.25, 0.3) is 0 Å². The molecule has 0 radical (unpaired) electrons. The first-order valence-electron chi connectivity index (χ1n) is 8.34. The van der Waals surface area contributed by atoms with Crippen molar-refractivity contribution in [2.24, 2.45) is 0 Å². The average molecular weight is 435 g/mol. The van der Waals surface area contributed by atoms with Crippen LogP contribution in [0.15, 0.2) is 36.5 Å². The van der Waals surface area contributed by atoms with Crippen LogP contribution in [-0.4, -0.2) is 44.2 Å². The van der Waals surface area contributed by atoms with Gasteiger partial charge >= 0.3 is 0 Å². The molecule has 0 fully saturated rings. The largest absolute Gasteiger partial charge is 1.00 e. The highest BCUT2D eigenvalue weighted by atomic mass is 35.5. The molecule has 0 aliphatic rings. The van der Waals surface area contributed by atoms with E-state index in [1.807, 2.05) is 18.2 Å². The van der Waals surface area contributed by atoms with Crippen molar-refractivity contribution in [2.45, 2.75) is 19.6 Å². The average Bonchev–Trinajstić information content (AvgIpc) is 2.61. The van der Waals surface area contributed by atoms with Crippen molar-refractivity contribution in [1.29, 1.82) is 0 Å². The number of hydrogen-bond donors (Lipinski definition) is 1. The normalized spacial score (nSPS) is 10.1. The molecule has 1 aromatic heterocycles. The fourth-order valence-corrected chi connectivity index (χ4v) is 2.46. The summed E-state index contributed by atoms with van der Waals surface area (Å²) in [6.07, 6.45) is 2.83. The Morgan fingerprint density at radius 2 is 1.81 bits per heavy atom. The van der Waals surface area contributed by atoms with Gasteiger partial charge < -0.3 is 44.5 Å². The first-order chi connectivity index (χ1) is 12.1. The molecule has 2 rings (SSSR count). The number of rotatable bonds is 10. The van der Waals surface area contributed by atoms with Gasteiger partial charge in [-0.2, -0.15) is 0 Å². The third-order valence-electron chi connectivity index (χ3n) is 3.70. The van der Waals surface area contributed by atoms with Crippen molar-refractivity contribution in [2.75, 3.05) is 34.3 Å². The number of halogens is 3. The molecule has 0 aliphatic carbocycles. The highest BCUT2D eigenvalue weighted by Crippen LogP contribution is 2.28. The Morgan fingerprint density at radius 1 is 1.07 bits per heavy atom. The van der Waals surface area contributed by atoms with Crippen LogP contribution < -0.4 is 39.6 Å². The number of methoxy groups -OCH3 is 1. The standard InChI is InChI=1S/C19H26ClN3O2.2ClH/c1-23(2)10-4-9-21-12-15-5-7-17(18(11-15)24-3)25-14-16-6-8-19(20)22-13-16;;/h5-8,11,13,21H,4,9-10,12,14H2,1-3H3;2*1H/p-2. The molecule has 5 nitrogen and oxygen atoms in total. The predicted octanol–water partition coefficient (Wildman–Crippen LogP) is -2.63. The number of nitrogens with one attached hydrogen (secondary N) is 1. The minimum atomic E-state index is 0. The first-order valence-corrected chi connectivity index (χ1v) is 8.72. The van der Waals surface area contributed by atoms with Crippen molar-refractivity contribution in [3.63, 3.8) is 0 Å². The van der Waals surface area contributed by atoms with E-state index in [1.165, 1.54) is 5.56 Å². The maximum atomic E-state index is 5.84. The van der Waals surface area contributed by atoms with Crippen molar-refractivity contribution in [3.05, 3.63) is 52.8 Å². The van der Waals surface area contributed by atoms with Gasteiger partial charge in [0.1, 0.15) is 11.8 Å². The highest BCUT2D eigenvalue weighted by Gasteiger charge is 2.06. The summed E-state index contributed by atoms with van der Waals surface area (Å²) >= 11 is 5.79. The monoisotopic (exact) mass is 433 g/mol. The predicted molar refractivity (Wildman–Crippen MR) is 101 cm³/mol. The fourth-order valence-electron chi connectivity index (χ4n) is 2.35. The van der Waals surface area contributed by atoms with E-state index in [1.54, 1.807) is 19.4 Å². The molecule has 0 saturated heterocycles. The summed E-state index contributed by atoms with van der Waals surface area (Å²) in [5.74, 6) is 1.45. The lowest BCUT2D eigenvalue weighted by atomic mass is 10.2. The fraction of sp³-hybridized carbons (Fsp3) is 0.421. The minimum absolute atomic E-state index is 0. The molecule has 0 atom stereocenters. The molecule has 0 saturated carbocycles. The maximum Gasteiger partial charge on any atom is 0.161 e. The Balaban J connectivity index is 0.00000338. The summed E-state index contributed by atoms with van der Waals surface area (Å²) in [5.41, 5.74) is 2.13. The summed E-state index contributed by atoms with van der Waals surface area (Å²) in [6, 6.07) is 9.65. The second-order valence-electron chi connectivity index (χ2n) is 6.10. The third kappa shape index (κ3) is 9.49. The summed E-state index contributed by atoms with van der Waals surface area (Å²) < 4.78 is 11.3. The number of ether oxygens (including phenoxy) is 2. The summed E-state index contributed by atoms with van der Waals surface area (Å²) in [6.45, 7) is 3.30. The van der Waals surface area contributed by atoms with Crippen LogP contribution in [0.2, 0.25) is 5.15 Å². The van der Waals surface area contributed by atoms with Crippen molar-refractivity contribution in [3.8, 4) is 11.5 Å². The summed E-state index contributed by atoms with van der Waals surface area (Å²) in [4.78, 5) is 6.24. The topological polar surface area (TPSA) is 46.6 Å². The molecular weight excluding hydrogens is 409 g/mol. The van der Waals surface area contributed by atoms with E-state index in [9.17, 15) is 0 Å². The van der Waals surface area contributed by atoms with Crippen LogP contribution >= 0.6 is 11.6 Å². The Bertz CT molecular complexity index is 655. The van der Waals surface area contributed by atoms with E-state index in [0.717, 1.165) is 37.4 Å². The Hall–Kier alpha value is -1.24. The molecule has 1 aromatic carbocycles. The molecule has 0 aliphatic heterocycles. The molecular formula is C19H26Cl3N3O2-2. The quantitative estimate of drug-likeness (QED) is 0.328. The van der Waals surface area contributed by atoms with E-state index in [4.69, 9.17) is 21.1 Å². The zero-order valence-electron chi connectivity index (χ0n) is 15.8. The van der Waals surface area contributed by atoms with Gasteiger partial charge in [-0.15, -0.1) is 0 Å². The smallest absolute Gasteiger partial charge is 0.161 e. The lowest BCUT2D eigenvalue weighted by Gasteiger charge is -2.13. The van der Waals surface area contributed by atoms with Gasteiger partial charge in [-0.05, 0) is 57.4 Å². The third-order valence-corrected chi connectivity index (χ3v) is 3.92. The number of benzene rings is 1. The van der Waals surface area contributed by atoms with Crippen LogP contribution in [0, 0.1) is 0 Å². The van der Waals surface area contributed by atoms with Gasteiger partial charge in [0.05, 0.1) is 7.11 Å². The van der Waals surface area contributed by atoms with Crippen molar-refractivity contribution >= 4 is 11.6 Å². The highest BCUT2D eigenvalue weighted by molar-refractivity contribution is 6.29. The van der Waals surface area contributed by atoms with Crippen LogP contribution in [0.1, 0.15) is 17.5 Å². The van der Waals surface area contributed by atoms with E-state index in [2.05, 4.69) is 35.4 Å². The molecule has 2 aromatic rings. The van der Waals surface area contributed by atoms with Gasteiger partial charge in [-0.1, -0.05) is 23.7 Å². The van der Waals surface area contributed by atoms with Gasteiger partial charge in [-0.25, -0.2) is 4.98 Å². The van der Waals surface area contributed by atoms with Crippen LogP contribution in [0.4, 0.5) is 0 Å². The molecule has 152 valence electrons. The van der Waals surface area contributed by atoms with Crippen molar-refractivity contribution in [1.82, 2.24) is 15.2 Å². The van der Waals surface area contributed by atoms with Gasteiger partial charge in [0, 0.05) is 18.3 Å². The Labute approximate surface area is 179 Å². The van der Waals surface area contributed by atoms with E-state index >= 15 is 0 Å². The molecule has 0 bridgehead atoms. The summed E-state index contributed by atoms with van der Waals surface area (Å²) in [5, 5.41) is 3.92. The SMILES string of the molecule is COc1cc(CNCCCN(C)C)ccc1OCc1ccc(Cl)nc1.[Cl-].[Cl-].